The maximum atomic E-state index is 12.4. The van der Waals surface area contributed by atoms with Gasteiger partial charge in [-0.3, -0.25) is 9.59 Å². The van der Waals surface area contributed by atoms with Crippen LogP contribution in [0.2, 0.25) is 0 Å². The van der Waals surface area contributed by atoms with Crippen LogP contribution in [0.3, 0.4) is 0 Å². The Labute approximate surface area is 107 Å². The van der Waals surface area contributed by atoms with E-state index < -0.39 is 11.9 Å². The SMILES string of the molecule is CCC1CN(C(=O)C2CCCC2C(=O)O)CCO1. The lowest BCUT2D eigenvalue weighted by Gasteiger charge is -2.34. The Bertz CT molecular complexity index is 331. The molecular formula is C13H21NO4. The van der Waals surface area contributed by atoms with E-state index in [1.54, 1.807) is 4.90 Å². The first-order chi connectivity index (χ1) is 8.63. The van der Waals surface area contributed by atoms with E-state index in [1.807, 2.05) is 6.92 Å². The second-order valence-electron chi connectivity index (χ2n) is 5.17. The van der Waals surface area contributed by atoms with Gasteiger partial charge in [0.05, 0.1) is 24.5 Å². The van der Waals surface area contributed by atoms with E-state index in [0.717, 1.165) is 12.8 Å². The summed E-state index contributed by atoms with van der Waals surface area (Å²) in [6.07, 6.45) is 3.18. The van der Waals surface area contributed by atoms with Gasteiger partial charge in [0.25, 0.3) is 0 Å². The van der Waals surface area contributed by atoms with E-state index in [-0.39, 0.29) is 17.9 Å². The van der Waals surface area contributed by atoms with Gasteiger partial charge in [0.15, 0.2) is 0 Å². The number of nitrogens with zero attached hydrogens (tertiary/aromatic N) is 1. The van der Waals surface area contributed by atoms with E-state index in [0.29, 0.717) is 32.5 Å². The molecule has 1 saturated heterocycles. The van der Waals surface area contributed by atoms with Crippen LogP contribution in [-0.2, 0) is 14.3 Å². The minimum atomic E-state index is -0.828. The van der Waals surface area contributed by atoms with Gasteiger partial charge in [0.1, 0.15) is 0 Å². The largest absolute Gasteiger partial charge is 0.481 e. The van der Waals surface area contributed by atoms with Gasteiger partial charge in [-0.2, -0.15) is 0 Å². The molecule has 5 heteroatoms. The number of carbonyl (C=O) groups is 2. The molecule has 5 nitrogen and oxygen atoms in total. The van der Waals surface area contributed by atoms with Crippen molar-refractivity contribution >= 4 is 11.9 Å². The van der Waals surface area contributed by atoms with Crippen molar-refractivity contribution in [2.45, 2.75) is 38.7 Å². The third kappa shape index (κ3) is 2.66. The molecule has 102 valence electrons. The molecule has 3 atom stereocenters. The molecule has 1 heterocycles. The molecule has 2 aliphatic rings. The number of morpholine rings is 1. The Morgan fingerprint density at radius 3 is 2.72 bits per heavy atom. The number of rotatable bonds is 3. The van der Waals surface area contributed by atoms with Crippen molar-refractivity contribution < 1.29 is 19.4 Å². The van der Waals surface area contributed by atoms with Crippen LogP contribution in [-0.4, -0.2) is 47.7 Å². The summed E-state index contributed by atoms with van der Waals surface area (Å²) in [6, 6.07) is 0. The predicted octanol–water partition coefficient (Wildman–Crippen LogP) is 1.12. The summed E-state index contributed by atoms with van der Waals surface area (Å²) in [5, 5.41) is 9.13. The highest BCUT2D eigenvalue weighted by Gasteiger charge is 2.40. The van der Waals surface area contributed by atoms with E-state index in [9.17, 15) is 9.59 Å². The zero-order chi connectivity index (χ0) is 13.1. The Hall–Kier alpha value is -1.10. The summed E-state index contributed by atoms with van der Waals surface area (Å²) in [6.45, 7) is 3.80. The predicted molar refractivity (Wildman–Crippen MR) is 65.1 cm³/mol. The highest BCUT2D eigenvalue weighted by molar-refractivity contribution is 5.85. The summed E-state index contributed by atoms with van der Waals surface area (Å²) < 4.78 is 5.53. The van der Waals surface area contributed by atoms with Crippen LogP contribution in [0.4, 0.5) is 0 Å². The van der Waals surface area contributed by atoms with Crippen molar-refractivity contribution in [1.29, 1.82) is 0 Å². The van der Waals surface area contributed by atoms with Crippen LogP contribution in [0.1, 0.15) is 32.6 Å². The van der Waals surface area contributed by atoms with Gasteiger partial charge in [-0.1, -0.05) is 13.3 Å². The van der Waals surface area contributed by atoms with Crippen LogP contribution >= 0.6 is 0 Å². The molecule has 2 fully saturated rings. The van der Waals surface area contributed by atoms with Gasteiger partial charge in [-0.25, -0.2) is 0 Å². The van der Waals surface area contributed by atoms with E-state index in [2.05, 4.69) is 0 Å². The topological polar surface area (TPSA) is 66.8 Å². The third-order valence-corrected chi connectivity index (χ3v) is 4.06. The molecule has 0 radical (unpaired) electrons. The summed E-state index contributed by atoms with van der Waals surface area (Å²) in [7, 11) is 0. The summed E-state index contributed by atoms with van der Waals surface area (Å²) in [5.41, 5.74) is 0. The van der Waals surface area contributed by atoms with Gasteiger partial charge in [0, 0.05) is 13.1 Å². The second-order valence-corrected chi connectivity index (χ2v) is 5.17. The first kappa shape index (κ1) is 13.3. The van der Waals surface area contributed by atoms with Crippen molar-refractivity contribution in [2.75, 3.05) is 19.7 Å². The monoisotopic (exact) mass is 255 g/mol. The first-order valence-electron chi connectivity index (χ1n) is 6.76. The van der Waals surface area contributed by atoms with Crippen LogP contribution in [0.25, 0.3) is 0 Å². The van der Waals surface area contributed by atoms with Gasteiger partial charge >= 0.3 is 5.97 Å². The molecule has 1 amide bonds. The zero-order valence-electron chi connectivity index (χ0n) is 10.8. The summed E-state index contributed by atoms with van der Waals surface area (Å²) in [4.78, 5) is 25.3. The van der Waals surface area contributed by atoms with Crippen LogP contribution in [0.15, 0.2) is 0 Å². The number of aliphatic carboxylic acids is 1. The highest BCUT2D eigenvalue weighted by atomic mass is 16.5. The number of ether oxygens (including phenoxy) is 1. The maximum absolute atomic E-state index is 12.4. The molecule has 0 spiro atoms. The quantitative estimate of drug-likeness (QED) is 0.820. The fraction of sp³-hybridized carbons (Fsp3) is 0.846. The van der Waals surface area contributed by atoms with Gasteiger partial charge < -0.3 is 14.7 Å². The van der Waals surface area contributed by atoms with E-state index >= 15 is 0 Å². The molecule has 1 aliphatic carbocycles. The Kier molecular flexibility index (Phi) is 4.22. The Morgan fingerprint density at radius 1 is 1.33 bits per heavy atom. The minimum Gasteiger partial charge on any atom is -0.481 e. The zero-order valence-corrected chi connectivity index (χ0v) is 10.8. The third-order valence-electron chi connectivity index (χ3n) is 4.06. The number of carbonyl (C=O) groups excluding carboxylic acids is 1. The number of hydrogen-bond donors (Lipinski definition) is 1. The average Bonchev–Trinajstić information content (AvgIpc) is 2.87. The van der Waals surface area contributed by atoms with Crippen LogP contribution in [0, 0.1) is 11.8 Å². The van der Waals surface area contributed by atoms with Gasteiger partial charge in [-0.05, 0) is 19.3 Å². The number of carboxylic acid groups (broad SMARTS) is 1. The Morgan fingerprint density at radius 2 is 2.06 bits per heavy atom. The van der Waals surface area contributed by atoms with Crippen molar-refractivity contribution in [2.24, 2.45) is 11.8 Å². The molecule has 3 unspecified atom stereocenters. The lowest BCUT2D eigenvalue weighted by molar-refractivity contribution is -0.152. The lowest BCUT2D eigenvalue weighted by Crippen LogP contribution is -2.48. The van der Waals surface area contributed by atoms with E-state index in [1.165, 1.54) is 0 Å². The number of hydrogen-bond acceptors (Lipinski definition) is 3. The van der Waals surface area contributed by atoms with Crippen molar-refractivity contribution in [3.63, 3.8) is 0 Å². The maximum Gasteiger partial charge on any atom is 0.307 e. The molecule has 1 N–H and O–H groups in total. The number of carboxylic acids is 1. The molecule has 0 bridgehead atoms. The fourth-order valence-corrected chi connectivity index (χ4v) is 2.95. The first-order valence-corrected chi connectivity index (χ1v) is 6.76. The smallest absolute Gasteiger partial charge is 0.307 e. The molecule has 0 aromatic rings. The lowest BCUT2D eigenvalue weighted by atomic mass is 9.94. The highest BCUT2D eigenvalue weighted by Crippen LogP contribution is 2.33. The Balaban J connectivity index is 1.99. The fourth-order valence-electron chi connectivity index (χ4n) is 2.95. The minimum absolute atomic E-state index is 0.0154. The van der Waals surface area contributed by atoms with Gasteiger partial charge in [-0.15, -0.1) is 0 Å². The molecule has 0 aromatic heterocycles. The van der Waals surface area contributed by atoms with Crippen molar-refractivity contribution in [3.8, 4) is 0 Å². The van der Waals surface area contributed by atoms with Crippen molar-refractivity contribution in [3.05, 3.63) is 0 Å². The normalized spacial score (nSPS) is 32.5. The van der Waals surface area contributed by atoms with E-state index in [4.69, 9.17) is 9.84 Å². The molecule has 0 aromatic carbocycles. The van der Waals surface area contributed by atoms with Gasteiger partial charge in [0.2, 0.25) is 5.91 Å². The number of amides is 1. The molecule has 1 aliphatic heterocycles. The van der Waals surface area contributed by atoms with Crippen molar-refractivity contribution in [1.82, 2.24) is 4.90 Å². The molecule has 18 heavy (non-hydrogen) atoms. The van der Waals surface area contributed by atoms with Crippen LogP contribution < -0.4 is 0 Å². The summed E-state index contributed by atoms with van der Waals surface area (Å²) >= 11 is 0. The van der Waals surface area contributed by atoms with Crippen LogP contribution in [0.5, 0.6) is 0 Å². The average molecular weight is 255 g/mol. The molecular weight excluding hydrogens is 234 g/mol. The summed E-state index contributed by atoms with van der Waals surface area (Å²) in [5.74, 6) is -1.62. The molecule has 1 saturated carbocycles. The second kappa shape index (κ2) is 5.69. The molecule has 2 rings (SSSR count). The standard InChI is InChI=1S/C13H21NO4/c1-2-9-8-14(6-7-18-9)12(15)10-4-3-5-11(10)13(16)17/h9-11H,2-8H2,1H3,(H,16,17).